The Morgan fingerprint density at radius 1 is 1.05 bits per heavy atom. The van der Waals surface area contributed by atoms with Crippen molar-refractivity contribution in [3.8, 4) is 0 Å². The Morgan fingerprint density at radius 3 is 2.51 bits per heavy atom. The van der Waals surface area contributed by atoms with Crippen LogP contribution in [0.25, 0.3) is 10.2 Å². The highest BCUT2D eigenvalue weighted by atomic mass is 32.2. The van der Waals surface area contributed by atoms with Gasteiger partial charge in [-0.25, -0.2) is 18.1 Å². The second-order valence-corrected chi connectivity index (χ2v) is 12.0. The summed E-state index contributed by atoms with van der Waals surface area (Å²) >= 11 is 1.53. The standard InChI is InChI=1S/C27H30N6O2S2/c1-32-13-15-33(16-14-32)24-12-6-11-22-25(24)36-27(30-22)23(18-19-7-5-8-20(17-19)26(28)29)31-37(34,35)21-9-3-2-4-10-21/h2-12,17,23,31H,13-16,18H2,1H3,(H3,28,29). The molecular formula is C27H30N6O2S2. The molecule has 0 amide bonds. The van der Waals surface area contributed by atoms with E-state index in [9.17, 15) is 8.42 Å². The van der Waals surface area contributed by atoms with Crippen molar-refractivity contribution in [2.24, 2.45) is 5.73 Å². The molecule has 3 aromatic carbocycles. The number of hydrogen-bond donors (Lipinski definition) is 3. The first-order valence-corrected chi connectivity index (χ1v) is 14.4. The molecule has 1 saturated heterocycles. The second-order valence-electron chi connectivity index (χ2n) is 9.27. The van der Waals surface area contributed by atoms with Crippen molar-refractivity contribution in [2.45, 2.75) is 17.4 Å². The summed E-state index contributed by atoms with van der Waals surface area (Å²) in [6.07, 6.45) is 0.372. The third kappa shape index (κ3) is 5.67. The largest absolute Gasteiger partial charge is 0.384 e. The quantitative estimate of drug-likeness (QED) is 0.235. The lowest BCUT2D eigenvalue weighted by Crippen LogP contribution is -2.44. The van der Waals surface area contributed by atoms with Crippen LogP contribution in [0, 0.1) is 5.41 Å². The summed E-state index contributed by atoms with van der Waals surface area (Å²) in [5, 5.41) is 8.49. The van der Waals surface area contributed by atoms with Crippen LogP contribution in [0.1, 0.15) is 22.2 Å². The number of piperazine rings is 1. The highest BCUT2D eigenvalue weighted by Gasteiger charge is 2.26. The Labute approximate surface area is 221 Å². The summed E-state index contributed by atoms with van der Waals surface area (Å²) in [4.78, 5) is 9.80. The number of nitrogen functional groups attached to an aromatic ring is 1. The van der Waals surface area contributed by atoms with Gasteiger partial charge in [-0.2, -0.15) is 0 Å². The summed E-state index contributed by atoms with van der Waals surface area (Å²) in [7, 11) is -1.66. The van der Waals surface area contributed by atoms with Gasteiger partial charge in [-0.15, -0.1) is 11.3 Å². The van der Waals surface area contributed by atoms with Crippen molar-refractivity contribution in [3.63, 3.8) is 0 Å². The van der Waals surface area contributed by atoms with E-state index in [0.717, 1.165) is 47.6 Å². The first-order chi connectivity index (χ1) is 17.8. The fourth-order valence-electron chi connectivity index (χ4n) is 4.53. The number of nitrogens with zero attached hydrogens (tertiary/aromatic N) is 3. The van der Waals surface area contributed by atoms with Crippen LogP contribution in [0.5, 0.6) is 0 Å². The van der Waals surface area contributed by atoms with Crippen LogP contribution in [0.2, 0.25) is 0 Å². The maximum atomic E-state index is 13.3. The zero-order valence-corrected chi connectivity index (χ0v) is 22.2. The average Bonchev–Trinajstić information content (AvgIpc) is 3.34. The average molecular weight is 535 g/mol. The number of benzene rings is 3. The monoisotopic (exact) mass is 534 g/mol. The molecule has 4 N–H and O–H groups in total. The predicted octanol–water partition coefficient (Wildman–Crippen LogP) is 3.59. The van der Waals surface area contributed by atoms with E-state index >= 15 is 0 Å². The van der Waals surface area contributed by atoms with Crippen LogP contribution in [0.3, 0.4) is 0 Å². The first kappa shape index (κ1) is 25.3. The molecule has 10 heteroatoms. The molecule has 5 rings (SSSR count). The summed E-state index contributed by atoms with van der Waals surface area (Å²) < 4.78 is 30.6. The summed E-state index contributed by atoms with van der Waals surface area (Å²) in [6, 6.07) is 21.2. The molecule has 0 saturated carbocycles. The lowest BCUT2D eigenvalue weighted by atomic mass is 10.0. The number of fused-ring (bicyclic) bond motifs is 1. The molecule has 192 valence electrons. The molecule has 8 nitrogen and oxygen atoms in total. The smallest absolute Gasteiger partial charge is 0.241 e. The fourth-order valence-corrected chi connectivity index (χ4v) is 6.99. The molecule has 37 heavy (non-hydrogen) atoms. The van der Waals surface area contributed by atoms with Gasteiger partial charge in [0.15, 0.2) is 0 Å². The topological polar surface area (TPSA) is 115 Å². The molecule has 1 aliphatic rings. The fraction of sp³-hybridized carbons (Fsp3) is 0.259. The van der Waals surface area contributed by atoms with Crippen molar-refractivity contribution >= 4 is 43.1 Å². The number of likely N-dealkylation sites (N-methyl/N-ethyl adjacent to an activating group) is 1. The molecule has 1 aromatic heterocycles. The second kappa shape index (κ2) is 10.6. The number of hydrogen-bond acceptors (Lipinski definition) is 7. The maximum Gasteiger partial charge on any atom is 0.241 e. The summed E-state index contributed by atoms with van der Waals surface area (Å²) in [6.45, 7) is 3.86. The minimum absolute atomic E-state index is 0.0277. The van der Waals surface area contributed by atoms with Gasteiger partial charge in [-0.1, -0.05) is 42.5 Å². The molecule has 1 fully saturated rings. The molecule has 0 bridgehead atoms. The Morgan fingerprint density at radius 2 is 1.78 bits per heavy atom. The lowest BCUT2D eigenvalue weighted by Gasteiger charge is -2.34. The molecule has 0 spiro atoms. The molecule has 4 aromatic rings. The van der Waals surface area contributed by atoms with Crippen molar-refractivity contribution in [2.75, 3.05) is 38.1 Å². The van der Waals surface area contributed by atoms with Crippen molar-refractivity contribution in [3.05, 3.63) is 88.9 Å². The zero-order chi connectivity index (χ0) is 26.0. The first-order valence-electron chi connectivity index (χ1n) is 12.1. The van der Waals surface area contributed by atoms with Crippen LogP contribution in [-0.4, -0.2) is 57.4 Å². The van der Waals surface area contributed by atoms with Crippen molar-refractivity contribution in [1.82, 2.24) is 14.6 Å². The van der Waals surface area contributed by atoms with Gasteiger partial charge in [-0.3, -0.25) is 5.41 Å². The number of nitrogens with one attached hydrogen (secondary N) is 2. The molecule has 1 unspecified atom stereocenters. The molecule has 2 heterocycles. The number of nitrogens with two attached hydrogens (primary N) is 1. The maximum absolute atomic E-state index is 13.3. The van der Waals surface area contributed by atoms with Gasteiger partial charge in [0.25, 0.3) is 0 Å². The number of aromatic nitrogens is 1. The minimum atomic E-state index is -3.79. The van der Waals surface area contributed by atoms with Gasteiger partial charge in [0.1, 0.15) is 10.8 Å². The third-order valence-corrected chi connectivity index (χ3v) is 9.28. The van der Waals surface area contributed by atoms with Gasteiger partial charge in [0, 0.05) is 31.7 Å². The van der Waals surface area contributed by atoms with Crippen LogP contribution in [-0.2, 0) is 16.4 Å². The van der Waals surface area contributed by atoms with Gasteiger partial charge in [0.05, 0.1) is 26.8 Å². The third-order valence-electron chi connectivity index (χ3n) is 6.58. The van der Waals surface area contributed by atoms with E-state index in [1.165, 1.54) is 11.3 Å². The Bertz CT molecular complexity index is 1510. The van der Waals surface area contributed by atoms with Gasteiger partial charge >= 0.3 is 0 Å². The van der Waals surface area contributed by atoms with E-state index in [1.54, 1.807) is 36.4 Å². The summed E-state index contributed by atoms with van der Waals surface area (Å²) in [5.74, 6) is -0.0277. The van der Waals surface area contributed by atoms with E-state index in [4.69, 9.17) is 16.1 Å². The van der Waals surface area contributed by atoms with E-state index in [-0.39, 0.29) is 10.7 Å². The number of thiazole rings is 1. The van der Waals surface area contributed by atoms with Crippen LogP contribution in [0.4, 0.5) is 5.69 Å². The van der Waals surface area contributed by atoms with E-state index in [0.29, 0.717) is 17.0 Å². The summed E-state index contributed by atoms with van der Waals surface area (Å²) in [5.41, 5.74) is 9.17. The predicted molar refractivity (Wildman–Crippen MR) is 150 cm³/mol. The lowest BCUT2D eigenvalue weighted by molar-refractivity contribution is 0.313. The minimum Gasteiger partial charge on any atom is -0.384 e. The van der Waals surface area contributed by atoms with Gasteiger partial charge < -0.3 is 15.5 Å². The number of amidine groups is 1. The Hall–Kier alpha value is -3.31. The molecule has 1 atom stereocenters. The molecule has 1 aliphatic heterocycles. The van der Waals surface area contributed by atoms with Crippen LogP contribution >= 0.6 is 11.3 Å². The van der Waals surface area contributed by atoms with Crippen LogP contribution in [0.15, 0.2) is 77.7 Å². The Kier molecular flexibility index (Phi) is 7.25. The van der Waals surface area contributed by atoms with E-state index < -0.39 is 16.1 Å². The van der Waals surface area contributed by atoms with Crippen molar-refractivity contribution < 1.29 is 8.42 Å². The highest BCUT2D eigenvalue weighted by molar-refractivity contribution is 7.89. The van der Waals surface area contributed by atoms with Crippen LogP contribution < -0.4 is 15.4 Å². The van der Waals surface area contributed by atoms with Gasteiger partial charge in [0.2, 0.25) is 10.0 Å². The number of rotatable bonds is 8. The Balaban J connectivity index is 1.53. The molecule has 0 radical (unpaired) electrons. The number of sulfonamides is 1. The highest BCUT2D eigenvalue weighted by Crippen LogP contribution is 2.36. The van der Waals surface area contributed by atoms with E-state index in [2.05, 4.69) is 27.6 Å². The zero-order valence-electron chi connectivity index (χ0n) is 20.6. The van der Waals surface area contributed by atoms with Gasteiger partial charge in [-0.05, 0) is 49.4 Å². The SMILES string of the molecule is CN1CCN(c2cccc3nc(C(Cc4cccc(C(=N)N)c4)NS(=O)(=O)c4ccccc4)sc23)CC1. The normalized spacial score (nSPS) is 15.6. The van der Waals surface area contributed by atoms with E-state index in [1.807, 2.05) is 30.3 Å². The number of anilines is 1. The molecule has 0 aliphatic carbocycles. The molecular weight excluding hydrogens is 504 g/mol. The van der Waals surface area contributed by atoms with Crippen molar-refractivity contribution in [1.29, 1.82) is 5.41 Å².